The van der Waals surface area contributed by atoms with E-state index in [9.17, 15) is 29.3 Å². The highest BCUT2D eigenvalue weighted by atomic mass is 32.2. The minimum absolute atomic E-state index is 0.0350. The van der Waals surface area contributed by atoms with Crippen molar-refractivity contribution in [2.24, 2.45) is 0 Å². The first-order valence-electron chi connectivity index (χ1n) is 17.2. The summed E-state index contributed by atoms with van der Waals surface area (Å²) in [6.45, 7) is 1.98. The number of thioether (sulfide) groups is 1. The number of esters is 1. The van der Waals surface area contributed by atoms with E-state index in [1.807, 2.05) is 18.2 Å². The minimum Gasteiger partial charge on any atom is -0.462 e. The van der Waals surface area contributed by atoms with Crippen LogP contribution in [0.15, 0.2) is 120 Å². The zero-order chi connectivity index (χ0) is 38.0. The Bertz CT molecular complexity index is 2200. The van der Waals surface area contributed by atoms with Crippen molar-refractivity contribution in [3.05, 3.63) is 158 Å². The van der Waals surface area contributed by atoms with Gasteiger partial charge in [-0.25, -0.2) is 4.79 Å². The fourth-order valence-electron chi connectivity index (χ4n) is 6.08. The van der Waals surface area contributed by atoms with Crippen LogP contribution in [0.5, 0.6) is 0 Å². The molecule has 1 heterocycles. The van der Waals surface area contributed by atoms with Gasteiger partial charge in [0.05, 0.1) is 22.8 Å². The van der Waals surface area contributed by atoms with E-state index in [4.69, 9.17) is 4.74 Å². The number of rotatable bonds is 13. The van der Waals surface area contributed by atoms with E-state index in [0.29, 0.717) is 44.6 Å². The third kappa shape index (κ3) is 9.48. The van der Waals surface area contributed by atoms with Gasteiger partial charge in [0.2, 0.25) is 5.91 Å². The summed E-state index contributed by atoms with van der Waals surface area (Å²) in [6, 6.07) is 31.2. The van der Waals surface area contributed by atoms with Gasteiger partial charge in [0.1, 0.15) is 10.7 Å². The van der Waals surface area contributed by atoms with Gasteiger partial charge in [-0.1, -0.05) is 54.6 Å². The molecular formula is C41H36N4O7S2. The molecule has 11 nitrogen and oxygen atoms in total. The van der Waals surface area contributed by atoms with Gasteiger partial charge in [-0.3, -0.25) is 24.5 Å². The topological polar surface area (TPSA) is 157 Å². The summed E-state index contributed by atoms with van der Waals surface area (Å²) in [4.78, 5) is 65.3. The van der Waals surface area contributed by atoms with Crippen molar-refractivity contribution < 1.29 is 28.8 Å². The van der Waals surface area contributed by atoms with Crippen LogP contribution in [0.2, 0.25) is 0 Å². The van der Waals surface area contributed by atoms with E-state index in [2.05, 4.69) is 28.1 Å². The molecule has 1 atom stereocenters. The average Bonchev–Trinajstić information content (AvgIpc) is 3.55. The van der Waals surface area contributed by atoms with Crippen LogP contribution in [-0.4, -0.2) is 41.0 Å². The number of nitrogens with one attached hydrogen (secondary N) is 3. The fraction of sp³-hybridized carbons (Fsp3) is 0.171. The van der Waals surface area contributed by atoms with Gasteiger partial charge < -0.3 is 20.7 Å². The molecule has 0 bridgehead atoms. The molecule has 4 aromatic carbocycles. The van der Waals surface area contributed by atoms with Crippen LogP contribution in [0.25, 0.3) is 6.08 Å². The molecule has 1 unspecified atom stereocenters. The van der Waals surface area contributed by atoms with Crippen molar-refractivity contribution in [2.45, 2.75) is 37.0 Å². The van der Waals surface area contributed by atoms with Crippen LogP contribution >= 0.6 is 23.1 Å². The monoisotopic (exact) mass is 760 g/mol. The molecule has 0 saturated heterocycles. The molecule has 5 aromatic rings. The average molecular weight is 761 g/mol. The molecule has 0 aliphatic heterocycles. The summed E-state index contributed by atoms with van der Waals surface area (Å²) in [5.41, 5.74) is 3.65. The number of non-ortho nitro benzene ring substituents is 1. The van der Waals surface area contributed by atoms with Crippen LogP contribution < -0.4 is 16.0 Å². The summed E-state index contributed by atoms with van der Waals surface area (Å²) in [7, 11) is 0. The van der Waals surface area contributed by atoms with Crippen LogP contribution in [0.1, 0.15) is 61.5 Å². The summed E-state index contributed by atoms with van der Waals surface area (Å²) < 4.78 is 5.39. The van der Waals surface area contributed by atoms with Crippen molar-refractivity contribution >= 4 is 69.2 Å². The number of thiophene rings is 1. The van der Waals surface area contributed by atoms with Crippen LogP contribution in [0.4, 0.5) is 16.4 Å². The van der Waals surface area contributed by atoms with E-state index in [-0.39, 0.29) is 29.7 Å². The minimum atomic E-state index is -0.625. The van der Waals surface area contributed by atoms with Gasteiger partial charge in [0.25, 0.3) is 17.5 Å². The molecule has 13 heteroatoms. The zero-order valence-electron chi connectivity index (χ0n) is 29.2. The van der Waals surface area contributed by atoms with Crippen LogP contribution in [0, 0.1) is 10.1 Å². The predicted octanol–water partition coefficient (Wildman–Crippen LogP) is 8.25. The lowest BCUT2D eigenvalue weighted by atomic mass is 9.83. The standard InChI is InChI=1S/C41H36N4O7S2/c1-2-52-41(49)37-33-21-18-29(27-10-5-3-6-11-27)23-35(33)54-40(37)44-36(46)25-53-32-15-9-14-30(24-32)42-39(48)34(43-38(47)28-12-7-4-8-13-28)22-26-16-19-31(20-17-26)45(50)51/h3-17,19-20,22,24,29H,2,18,21,23,25H2,1H3,(H,42,48)(H,43,47)(H,44,46)/b34-22+. The second-order valence-corrected chi connectivity index (χ2v) is 14.5. The highest BCUT2D eigenvalue weighted by Crippen LogP contribution is 2.43. The maximum Gasteiger partial charge on any atom is 0.341 e. The number of nitrogens with zero attached hydrogens (tertiary/aromatic N) is 1. The molecule has 3 N–H and O–H groups in total. The summed E-state index contributed by atoms with van der Waals surface area (Å²) >= 11 is 2.68. The largest absolute Gasteiger partial charge is 0.462 e. The highest BCUT2D eigenvalue weighted by molar-refractivity contribution is 8.00. The number of benzene rings is 4. The van der Waals surface area contributed by atoms with Gasteiger partial charge in [0.15, 0.2) is 0 Å². The lowest BCUT2D eigenvalue weighted by molar-refractivity contribution is -0.384. The lowest BCUT2D eigenvalue weighted by Crippen LogP contribution is -2.30. The molecule has 0 fully saturated rings. The third-order valence-corrected chi connectivity index (χ3v) is 10.8. The number of nitro benzene ring substituents is 1. The van der Waals surface area contributed by atoms with E-state index in [1.54, 1.807) is 61.5 Å². The number of hydrogen-bond donors (Lipinski definition) is 3. The highest BCUT2D eigenvalue weighted by Gasteiger charge is 2.31. The van der Waals surface area contributed by atoms with E-state index in [1.165, 1.54) is 59.0 Å². The molecule has 3 amide bonds. The zero-order valence-corrected chi connectivity index (χ0v) is 30.8. The Hall–Kier alpha value is -6.05. The smallest absolute Gasteiger partial charge is 0.341 e. The van der Waals surface area contributed by atoms with Gasteiger partial charge in [-0.15, -0.1) is 23.1 Å². The molecule has 274 valence electrons. The van der Waals surface area contributed by atoms with Crippen molar-refractivity contribution in [3.63, 3.8) is 0 Å². The summed E-state index contributed by atoms with van der Waals surface area (Å²) in [6.07, 6.45) is 3.81. The molecule has 0 radical (unpaired) electrons. The Morgan fingerprint density at radius 1 is 0.926 bits per heavy atom. The van der Waals surface area contributed by atoms with Crippen molar-refractivity contribution in [3.8, 4) is 0 Å². The summed E-state index contributed by atoms with van der Waals surface area (Å²) in [5.74, 6) is -1.51. The van der Waals surface area contributed by atoms with E-state index in [0.717, 1.165) is 23.3 Å². The molecule has 1 aliphatic rings. The molecule has 0 spiro atoms. The molecular weight excluding hydrogens is 725 g/mol. The maximum absolute atomic E-state index is 13.5. The van der Waals surface area contributed by atoms with Crippen molar-refractivity contribution in [2.75, 3.05) is 23.0 Å². The molecule has 6 rings (SSSR count). The number of hydrogen-bond acceptors (Lipinski definition) is 9. The SMILES string of the molecule is CCOC(=O)c1c(NC(=O)CSc2cccc(NC(=O)/C(=C\c3ccc([N+](=O)[O-])cc3)NC(=O)c3ccccc3)c2)sc2c1CCC(c1ccccc1)C2. The van der Waals surface area contributed by atoms with Crippen molar-refractivity contribution in [1.82, 2.24) is 5.32 Å². The second kappa shape index (κ2) is 17.6. The predicted molar refractivity (Wildman–Crippen MR) is 211 cm³/mol. The van der Waals surface area contributed by atoms with Gasteiger partial charge in [-0.05, 0) is 97.3 Å². The van der Waals surface area contributed by atoms with E-state index < -0.39 is 22.7 Å². The molecule has 54 heavy (non-hydrogen) atoms. The second-order valence-electron chi connectivity index (χ2n) is 12.3. The molecule has 1 aromatic heterocycles. The van der Waals surface area contributed by atoms with Gasteiger partial charge in [-0.2, -0.15) is 0 Å². The number of amides is 3. The van der Waals surface area contributed by atoms with Crippen LogP contribution in [-0.2, 0) is 27.2 Å². The maximum atomic E-state index is 13.5. The van der Waals surface area contributed by atoms with Crippen molar-refractivity contribution in [1.29, 1.82) is 0 Å². The number of ether oxygens (including phenoxy) is 1. The third-order valence-electron chi connectivity index (χ3n) is 8.67. The number of fused-ring (bicyclic) bond motifs is 1. The Kier molecular flexibility index (Phi) is 12.3. The first-order chi connectivity index (χ1) is 26.2. The fourth-order valence-corrected chi connectivity index (χ4v) is 8.16. The number of carbonyl (C=O) groups is 4. The first kappa shape index (κ1) is 37.7. The Morgan fingerprint density at radius 2 is 1.65 bits per heavy atom. The van der Waals surface area contributed by atoms with E-state index >= 15 is 0 Å². The lowest BCUT2D eigenvalue weighted by Gasteiger charge is -2.23. The van der Waals surface area contributed by atoms with Gasteiger partial charge in [0, 0.05) is 33.2 Å². The van der Waals surface area contributed by atoms with Crippen LogP contribution in [0.3, 0.4) is 0 Å². The summed E-state index contributed by atoms with van der Waals surface area (Å²) in [5, 5.41) is 20.0. The number of anilines is 2. The Labute approximate surface area is 320 Å². The molecule has 0 saturated carbocycles. The van der Waals surface area contributed by atoms with Gasteiger partial charge >= 0.3 is 5.97 Å². The molecule has 1 aliphatic carbocycles. The number of carbonyl (C=O) groups excluding carboxylic acids is 4. The Morgan fingerprint density at radius 3 is 2.35 bits per heavy atom. The number of nitro groups is 1. The normalized spacial score (nSPS) is 13.6. The Balaban J connectivity index is 1.13. The first-order valence-corrected chi connectivity index (χ1v) is 19.0. The quantitative estimate of drug-likeness (QED) is 0.0356.